The molecule has 8 heteroatoms. The number of aromatic nitrogens is 1. The number of amides is 1. The highest BCUT2D eigenvalue weighted by Crippen LogP contribution is 2.22. The molecule has 1 atom stereocenters. The molecule has 1 fully saturated rings. The van der Waals surface area contributed by atoms with Gasteiger partial charge in [0.2, 0.25) is 0 Å². The summed E-state index contributed by atoms with van der Waals surface area (Å²) in [6.07, 6.45) is 2.06. The molecule has 0 radical (unpaired) electrons. The van der Waals surface area contributed by atoms with E-state index in [0.717, 1.165) is 5.56 Å². The predicted octanol–water partition coefficient (Wildman–Crippen LogP) is 2.89. The van der Waals surface area contributed by atoms with Crippen LogP contribution in [0.25, 0.3) is 0 Å². The summed E-state index contributed by atoms with van der Waals surface area (Å²) in [7, 11) is -2.97. The van der Waals surface area contributed by atoms with Gasteiger partial charge in [0.15, 0.2) is 9.84 Å². The topological polar surface area (TPSA) is 88.2 Å². The SMILES string of the molecule is Cc1ccc(Cl)cc1NC(=O)c1ccnc(NC2CCS(=O)(=O)C2)c1. The molecule has 132 valence electrons. The molecule has 0 spiro atoms. The quantitative estimate of drug-likeness (QED) is 0.852. The molecule has 6 nitrogen and oxygen atoms in total. The molecule has 1 saturated heterocycles. The maximum Gasteiger partial charge on any atom is 0.255 e. The number of aryl methyl sites for hydroxylation is 1. The minimum atomic E-state index is -2.97. The molecule has 2 N–H and O–H groups in total. The van der Waals surface area contributed by atoms with E-state index in [9.17, 15) is 13.2 Å². The zero-order valence-electron chi connectivity index (χ0n) is 13.6. The van der Waals surface area contributed by atoms with Crippen molar-refractivity contribution in [2.24, 2.45) is 0 Å². The first-order valence-corrected chi connectivity index (χ1v) is 10.0. The van der Waals surface area contributed by atoms with Gasteiger partial charge in [-0.2, -0.15) is 0 Å². The fraction of sp³-hybridized carbons (Fsp3) is 0.294. The average molecular weight is 380 g/mol. The van der Waals surface area contributed by atoms with Crippen LogP contribution in [0.3, 0.4) is 0 Å². The predicted molar refractivity (Wildman–Crippen MR) is 99.1 cm³/mol. The largest absolute Gasteiger partial charge is 0.366 e. The number of hydrogen-bond donors (Lipinski definition) is 2. The number of sulfone groups is 1. The van der Waals surface area contributed by atoms with Crippen LogP contribution in [0.4, 0.5) is 11.5 Å². The Kier molecular flexibility index (Phi) is 4.96. The van der Waals surface area contributed by atoms with Gasteiger partial charge in [-0.05, 0) is 43.2 Å². The molecule has 1 unspecified atom stereocenters. The zero-order valence-corrected chi connectivity index (χ0v) is 15.2. The van der Waals surface area contributed by atoms with Crippen molar-refractivity contribution in [3.63, 3.8) is 0 Å². The van der Waals surface area contributed by atoms with Crippen molar-refractivity contribution < 1.29 is 13.2 Å². The maximum atomic E-state index is 12.5. The van der Waals surface area contributed by atoms with E-state index in [1.54, 1.807) is 24.3 Å². The number of anilines is 2. The Morgan fingerprint density at radius 3 is 2.80 bits per heavy atom. The molecule has 1 aromatic carbocycles. The number of rotatable bonds is 4. The van der Waals surface area contributed by atoms with Crippen LogP contribution in [0, 0.1) is 6.92 Å². The van der Waals surface area contributed by atoms with Gasteiger partial charge in [-0.1, -0.05) is 17.7 Å². The highest BCUT2D eigenvalue weighted by atomic mass is 35.5. The number of benzene rings is 1. The third kappa shape index (κ3) is 4.49. The lowest BCUT2D eigenvalue weighted by Gasteiger charge is -2.13. The van der Waals surface area contributed by atoms with Gasteiger partial charge in [0.1, 0.15) is 5.82 Å². The minimum absolute atomic E-state index is 0.0901. The molecule has 1 amide bonds. The van der Waals surface area contributed by atoms with E-state index >= 15 is 0 Å². The normalized spacial score (nSPS) is 18.7. The van der Waals surface area contributed by atoms with Crippen molar-refractivity contribution in [3.8, 4) is 0 Å². The van der Waals surface area contributed by atoms with Crippen LogP contribution < -0.4 is 10.6 Å². The maximum absolute atomic E-state index is 12.5. The van der Waals surface area contributed by atoms with Crippen LogP contribution in [0.2, 0.25) is 5.02 Å². The Morgan fingerprint density at radius 2 is 2.08 bits per heavy atom. The van der Waals surface area contributed by atoms with Crippen molar-refractivity contribution in [1.82, 2.24) is 4.98 Å². The second-order valence-electron chi connectivity index (χ2n) is 6.09. The summed E-state index contributed by atoms with van der Waals surface area (Å²) < 4.78 is 23.1. The molecular formula is C17H18ClN3O3S. The van der Waals surface area contributed by atoms with Gasteiger partial charge < -0.3 is 10.6 Å². The highest BCUT2D eigenvalue weighted by molar-refractivity contribution is 7.91. The number of halogens is 1. The van der Waals surface area contributed by atoms with Gasteiger partial charge in [0.05, 0.1) is 11.5 Å². The fourth-order valence-corrected chi connectivity index (χ4v) is 4.54. The van der Waals surface area contributed by atoms with Crippen molar-refractivity contribution in [1.29, 1.82) is 0 Å². The third-order valence-corrected chi connectivity index (χ3v) is 6.06. The van der Waals surface area contributed by atoms with Gasteiger partial charge in [-0.3, -0.25) is 4.79 Å². The van der Waals surface area contributed by atoms with Crippen molar-refractivity contribution in [2.45, 2.75) is 19.4 Å². The van der Waals surface area contributed by atoms with Gasteiger partial charge in [0.25, 0.3) is 5.91 Å². The smallest absolute Gasteiger partial charge is 0.255 e. The number of carbonyl (C=O) groups is 1. The summed E-state index contributed by atoms with van der Waals surface area (Å²) in [6.45, 7) is 1.88. The lowest BCUT2D eigenvalue weighted by atomic mass is 10.1. The Hall–Kier alpha value is -2.12. The van der Waals surface area contributed by atoms with Crippen molar-refractivity contribution in [3.05, 3.63) is 52.7 Å². The number of hydrogen-bond acceptors (Lipinski definition) is 5. The summed E-state index contributed by atoms with van der Waals surface area (Å²) >= 11 is 5.97. The van der Waals surface area contributed by atoms with Crippen LogP contribution >= 0.6 is 11.6 Å². The van der Waals surface area contributed by atoms with Gasteiger partial charge in [-0.15, -0.1) is 0 Å². The molecule has 2 aromatic rings. The lowest BCUT2D eigenvalue weighted by Crippen LogP contribution is -2.21. The van der Waals surface area contributed by atoms with Crippen molar-refractivity contribution >= 4 is 38.9 Å². The molecular weight excluding hydrogens is 362 g/mol. The van der Waals surface area contributed by atoms with Crippen LogP contribution in [0.15, 0.2) is 36.5 Å². The monoisotopic (exact) mass is 379 g/mol. The van der Waals surface area contributed by atoms with E-state index in [-0.39, 0.29) is 23.5 Å². The molecule has 0 aliphatic carbocycles. The number of nitrogens with zero attached hydrogens (tertiary/aromatic N) is 1. The molecule has 0 saturated carbocycles. The summed E-state index contributed by atoms with van der Waals surface area (Å²) in [5.74, 6) is 0.471. The first-order valence-electron chi connectivity index (χ1n) is 7.83. The highest BCUT2D eigenvalue weighted by Gasteiger charge is 2.28. The standard InChI is InChI=1S/C17H18ClN3O3S/c1-11-2-3-13(18)9-15(11)21-17(22)12-4-6-19-16(8-12)20-14-5-7-25(23,24)10-14/h2-4,6,8-9,14H,5,7,10H2,1H3,(H,19,20)(H,21,22). The fourth-order valence-electron chi connectivity index (χ4n) is 2.69. The number of pyridine rings is 1. The molecule has 1 aliphatic rings. The molecule has 1 aliphatic heterocycles. The molecule has 2 heterocycles. The Labute approximate surface area is 151 Å². The Morgan fingerprint density at radius 1 is 1.28 bits per heavy atom. The van der Waals surface area contributed by atoms with E-state index in [1.165, 1.54) is 6.20 Å². The summed E-state index contributed by atoms with van der Waals surface area (Å²) in [5.41, 5.74) is 1.98. The van der Waals surface area contributed by atoms with Crippen LogP contribution in [0.5, 0.6) is 0 Å². The third-order valence-electron chi connectivity index (χ3n) is 4.05. The average Bonchev–Trinajstić information content (AvgIpc) is 2.90. The van der Waals surface area contributed by atoms with E-state index < -0.39 is 9.84 Å². The second-order valence-corrected chi connectivity index (χ2v) is 8.75. The Balaban J connectivity index is 1.72. The van der Waals surface area contributed by atoms with Gasteiger partial charge in [0, 0.05) is 28.5 Å². The van der Waals surface area contributed by atoms with E-state index in [4.69, 9.17) is 11.6 Å². The van der Waals surface area contributed by atoms with Gasteiger partial charge >= 0.3 is 0 Å². The van der Waals surface area contributed by atoms with Crippen LogP contribution in [-0.2, 0) is 9.84 Å². The first-order chi connectivity index (χ1) is 11.8. The van der Waals surface area contributed by atoms with E-state index in [0.29, 0.717) is 28.5 Å². The van der Waals surface area contributed by atoms with Gasteiger partial charge in [-0.25, -0.2) is 13.4 Å². The number of carbonyl (C=O) groups excluding carboxylic acids is 1. The van der Waals surface area contributed by atoms with Crippen molar-refractivity contribution in [2.75, 3.05) is 22.1 Å². The first kappa shape index (κ1) is 17.7. The zero-order chi connectivity index (χ0) is 18.0. The summed E-state index contributed by atoms with van der Waals surface area (Å²) in [6, 6.07) is 8.32. The summed E-state index contributed by atoms with van der Waals surface area (Å²) in [4.78, 5) is 16.6. The second kappa shape index (κ2) is 7.01. The van der Waals surface area contributed by atoms with Crippen LogP contribution in [-0.4, -0.2) is 36.9 Å². The van der Waals surface area contributed by atoms with Crippen LogP contribution in [0.1, 0.15) is 22.3 Å². The molecule has 25 heavy (non-hydrogen) atoms. The molecule has 1 aromatic heterocycles. The minimum Gasteiger partial charge on any atom is -0.366 e. The molecule has 0 bridgehead atoms. The summed E-state index contributed by atoms with van der Waals surface area (Å²) in [5, 5.41) is 6.45. The van der Waals surface area contributed by atoms with E-state index in [2.05, 4.69) is 15.6 Å². The number of nitrogens with one attached hydrogen (secondary N) is 2. The lowest BCUT2D eigenvalue weighted by molar-refractivity contribution is 0.102. The molecule has 3 rings (SSSR count). The van der Waals surface area contributed by atoms with E-state index in [1.807, 2.05) is 13.0 Å². The Bertz CT molecular complexity index is 915.